The van der Waals surface area contributed by atoms with Gasteiger partial charge in [0, 0.05) is 16.6 Å². The summed E-state index contributed by atoms with van der Waals surface area (Å²) in [5.74, 6) is 1.73. The van der Waals surface area contributed by atoms with Gasteiger partial charge in [-0.25, -0.2) is 8.42 Å². The van der Waals surface area contributed by atoms with Crippen molar-refractivity contribution in [2.75, 3.05) is 25.2 Å². The average Bonchev–Trinajstić information content (AvgIpc) is 2.69. The van der Waals surface area contributed by atoms with Crippen LogP contribution in [-0.4, -0.2) is 33.6 Å². The maximum atomic E-state index is 11.4. The Morgan fingerprint density at radius 1 is 1.47 bits per heavy atom. The molecule has 19 heavy (non-hydrogen) atoms. The van der Waals surface area contributed by atoms with Gasteiger partial charge in [0.05, 0.1) is 18.6 Å². The highest BCUT2D eigenvalue weighted by molar-refractivity contribution is 9.10. The van der Waals surface area contributed by atoms with Gasteiger partial charge >= 0.3 is 0 Å². The zero-order valence-electron chi connectivity index (χ0n) is 10.9. The third-order valence-electron chi connectivity index (χ3n) is 3.32. The fourth-order valence-electron chi connectivity index (χ4n) is 2.33. The fraction of sp³-hybridized carbons (Fsp3) is 0.538. The SMILES string of the molecule is COc1ccc(Br)cc1CNC[C@H]1CCS(=O)(=O)C1. The van der Waals surface area contributed by atoms with E-state index in [4.69, 9.17) is 4.74 Å². The Morgan fingerprint density at radius 2 is 2.26 bits per heavy atom. The normalized spacial score (nSPS) is 21.5. The van der Waals surface area contributed by atoms with Gasteiger partial charge in [-0.1, -0.05) is 15.9 Å². The number of rotatable bonds is 5. The topological polar surface area (TPSA) is 55.4 Å². The van der Waals surface area contributed by atoms with Gasteiger partial charge in [-0.2, -0.15) is 0 Å². The molecule has 2 rings (SSSR count). The van der Waals surface area contributed by atoms with Crippen molar-refractivity contribution in [2.45, 2.75) is 13.0 Å². The van der Waals surface area contributed by atoms with Gasteiger partial charge in [0.1, 0.15) is 5.75 Å². The van der Waals surface area contributed by atoms with Crippen molar-refractivity contribution in [2.24, 2.45) is 5.92 Å². The summed E-state index contributed by atoms with van der Waals surface area (Å²) in [7, 11) is -1.13. The van der Waals surface area contributed by atoms with E-state index in [1.165, 1.54) is 0 Å². The van der Waals surface area contributed by atoms with Crippen molar-refractivity contribution in [1.82, 2.24) is 5.32 Å². The molecule has 1 aromatic carbocycles. The van der Waals surface area contributed by atoms with Gasteiger partial charge in [-0.15, -0.1) is 0 Å². The molecule has 0 amide bonds. The second kappa shape index (κ2) is 6.24. The van der Waals surface area contributed by atoms with Crippen molar-refractivity contribution in [3.63, 3.8) is 0 Å². The van der Waals surface area contributed by atoms with Gasteiger partial charge in [0.2, 0.25) is 0 Å². The summed E-state index contributed by atoms with van der Waals surface area (Å²) in [6, 6.07) is 5.87. The third kappa shape index (κ3) is 4.19. The highest BCUT2D eigenvalue weighted by Gasteiger charge is 2.27. The highest BCUT2D eigenvalue weighted by Crippen LogP contribution is 2.23. The molecule has 4 nitrogen and oxygen atoms in total. The Hall–Kier alpha value is -0.590. The number of halogens is 1. The van der Waals surface area contributed by atoms with Crippen LogP contribution in [0.3, 0.4) is 0 Å². The average molecular weight is 348 g/mol. The molecule has 6 heteroatoms. The predicted molar refractivity (Wildman–Crippen MR) is 79.2 cm³/mol. The quantitative estimate of drug-likeness (QED) is 0.884. The first-order valence-electron chi connectivity index (χ1n) is 6.24. The molecule has 1 atom stereocenters. The second-order valence-electron chi connectivity index (χ2n) is 4.86. The number of hydrogen-bond acceptors (Lipinski definition) is 4. The summed E-state index contributed by atoms with van der Waals surface area (Å²) in [5.41, 5.74) is 1.07. The summed E-state index contributed by atoms with van der Waals surface area (Å²) in [6.45, 7) is 1.41. The molecule has 0 aromatic heterocycles. The first-order chi connectivity index (χ1) is 9.00. The van der Waals surface area contributed by atoms with Gasteiger partial charge in [-0.3, -0.25) is 0 Å². The lowest BCUT2D eigenvalue weighted by Gasteiger charge is -2.12. The van der Waals surface area contributed by atoms with Crippen LogP contribution in [0, 0.1) is 5.92 Å². The van der Waals surface area contributed by atoms with Crippen LogP contribution in [0.25, 0.3) is 0 Å². The van der Waals surface area contributed by atoms with Crippen LogP contribution in [0.2, 0.25) is 0 Å². The van der Waals surface area contributed by atoms with Crippen LogP contribution < -0.4 is 10.1 Å². The molecule has 0 aliphatic carbocycles. The summed E-state index contributed by atoms with van der Waals surface area (Å²) in [4.78, 5) is 0. The molecule has 1 aliphatic heterocycles. The van der Waals surface area contributed by atoms with E-state index in [0.717, 1.165) is 28.8 Å². The monoisotopic (exact) mass is 347 g/mol. The van der Waals surface area contributed by atoms with E-state index in [1.54, 1.807) is 7.11 Å². The maximum Gasteiger partial charge on any atom is 0.150 e. The summed E-state index contributed by atoms with van der Waals surface area (Å²) in [6.07, 6.45) is 0.769. The number of sulfone groups is 1. The minimum Gasteiger partial charge on any atom is -0.496 e. The van der Waals surface area contributed by atoms with E-state index in [-0.39, 0.29) is 5.92 Å². The fourth-order valence-corrected chi connectivity index (χ4v) is 4.60. The van der Waals surface area contributed by atoms with Crippen LogP contribution in [0.1, 0.15) is 12.0 Å². The minimum absolute atomic E-state index is 0.239. The smallest absolute Gasteiger partial charge is 0.150 e. The van der Waals surface area contributed by atoms with E-state index < -0.39 is 9.84 Å². The van der Waals surface area contributed by atoms with Crippen molar-refractivity contribution >= 4 is 25.8 Å². The molecule has 0 radical (unpaired) electrons. The van der Waals surface area contributed by atoms with Crippen LogP contribution in [-0.2, 0) is 16.4 Å². The second-order valence-corrected chi connectivity index (χ2v) is 8.00. The number of methoxy groups -OCH3 is 1. The highest BCUT2D eigenvalue weighted by atomic mass is 79.9. The molecular formula is C13H18BrNO3S. The number of ether oxygens (including phenoxy) is 1. The molecule has 1 N–H and O–H groups in total. The minimum atomic E-state index is -2.78. The van der Waals surface area contributed by atoms with E-state index in [1.807, 2.05) is 18.2 Å². The Labute approximate surface area is 122 Å². The summed E-state index contributed by atoms with van der Waals surface area (Å²) < 4.78 is 29.0. The standard InChI is InChI=1S/C13H18BrNO3S/c1-18-13-3-2-12(14)6-11(13)8-15-7-10-4-5-19(16,17)9-10/h2-3,6,10,15H,4-5,7-9H2,1H3/t10-/m1/s1. The molecule has 1 saturated heterocycles. The Bertz CT molecular complexity index is 545. The zero-order chi connectivity index (χ0) is 13.9. The van der Waals surface area contributed by atoms with E-state index >= 15 is 0 Å². The van der Waals surface area contributed by atoms with Crippen LogP contribution in [0.5, 0.6) is 5.75 Å². The molecule has 1 aliphatic rings. The van der Waals surface area contributed by atoms with Gasteiger partial charge < -0.3 is 10.1 Å². The van der Waals surface area contributed by atoms with Crippen LogP contribution in [0.15, 0.2) is 22.7 Å². The van der Waals surface area contributed by atoms with Crippen molar-refractivity contribution in [3.05, 3.63) is 28.2 Å². The zero-order valence-corrected chi connectivity index (χ0v) is 13.3. The van der Waals surface area contributed by atoms with E-state index in [9.17, 15) is 8.42 Å². The van der Waals surface area contributed by atoms with E-state index in [0.29, 0.717) is 18.1 Å². The first kappa shape index (κ1) is 14.8. The molecule has 0 unspecified atom stereocenters. The number of nitrogens with one attached hydrogen (secondary N) is 1. The number of hydrogen-bond donors (Lipinski definition) is 1. The van der Waals surface area contributed by atoms with Crippen molar-refractivity contribution in [3.8, 4) is 5.75 Å². The molecule has 1 fully saturated rings. The lowest BCUT2D eigenvalue weighted by molar-refractivity contribution is 0.406. The lowest BCUT2D eigenvalue weighted by Crippen LogP contribution is -2.23. The Morgan fingerprint density at radius 3 is 2.89 bits per heavy atom. The molecule has 106 valence electrons. The third-order valence-corrected chi connectivity index (χ3v) is 5.65. The Balaban J connectivity index is 1.88. The maximum absolute atomic E-state index is 11.4. The molecule has 0 bridgehead atoms. The lowest BCUT2D eigenvalue weighted by atomic mass is 10.1. The van der Waals surface area contributed by atoms with Gasteiger partial charge in [0.25, 0.3) is 0 Å². The summed E-state index contributed by atoms with van der Waals surface area (Å²) >= 11 is 3.44. The molecule has 1 aromatic rings. The Kier molecular flexibility index (Phi) is 4.86. The van der Waals surface area contributed by atoms with Gasteiger partial charge in [0.15, 0.2) is 9.84 Å². The molecule has 0 saturated carbocycles. The predicted octanol–water partition coefficient (Wildman–Crippen LogP) is 1.98. The van der Waals surface area contributed by atoms with Gasteiger partial charge in [-0.05, 0) is 37.1 Å². The van der Waals surface area contributed by atoms with Crippen molar-refractivity contribution in [1.29, 1.82) is 0 Å². The number of benzene rings is 1. The first-order valence-corrected chi connectivity index (χ1v) is 8.85. The molecular weight excluding hydrogens is 330 g/mol. The van der Waals surface area contributed by atoms with Crippen LogP contribution >= 0.6 is 15.9 Å². The van der Waals surface area contributed by atoms with E-state index in [2.05, 4.69) is 21.2 Å². The molecule has 0 spiro atoms. The van der Waals surface area contributed by atoms with Crippen LogP contribution in [0.4, 0.5) is 0 Å². The van der Waals surface area contributed by atoms with Crippen molar-refractivity contribution < 1.29 is 13.2 Å². The largest absolute Gasteiger partial charge is 0.496 e. The summed E-state index contributed by atoms with van der Waals surface area (Å²) in [5, 5.41) is 3.32. The molecule has 1 heterocycles.